The fourth-order valence-electron chi connectivity index (χ4n) is 2.95. The minimum absolute atomic E-state index is 0. The number of benzene rings is 2. The van der Waals surface area contributed by atoms with E-state index >= 15 is 0 Å². The topological polar surface area (TPSA) is 26.3 Å². The van der Waals surface area contributed by atoms with Crippen LogP contribution in [0.5, 0.6) is 5.75 Å². The Hall–Kier alpha value is -1.06. The van der Waals surface area contributed by atoms with E-state index in [2.05, 4.69) is 47.6 Å². The van der Waals surface area contributed by atoms with Crippen LogP contribution in [-0.2, 0) is 0 Å². The number of carbonyl (C=O) groups excluding carboxylic acids is 1. The van der Waals surface area contributed by atoms with Gasteiger partial charge >= 0.3 is 18.9 Å². The summed E-state index contributed by atoms with van der Waals surface area (Å²) in [5.74, 6) is 1.38. The van der Waals surface area contributed by atoms with Gasteiger partial charge in [0.15, 0.2) is 5.52 Å². The van der Waals surface area contributed by atoms with Crippen molar-refractivity contribution in [1.82, 2.24) is 0 Å². The summed E-state index contributed by atoms with van der Waals surface area (Å²) in [5, 5.41) is 1.10. The molecule has 0 heterocycles. The second-order valence-corrected chi connectivity index (χ2v) is 8.51. The molecule has 0 saturated carbocycles. The van der Waals surface area contributed by atoms with Crippen LogP contribution in [0, 0.1) is 40.5 Å². The van der Waals surface area contributed by atoms with Crippen LogP contribution in [0.2, 0.25) is 0 Å². The number of rotatable bonds is 6. The van der Waals surface area contributed by atoms with Crippen molar-refractivity contribution in [2.24, 2.45) is 5.92 Å². The molecule has 2 aromatic rings. The molecule has 0 aliphatic carbocycles. The van der Waals surface area contributed by atoms with Crippen LogP contribution in [0.1, 0.15) is 53.4 Å². The van der Waals surface area contributed by atoms with E-state index in [1.54, 1.807) is 0 Å². The van der Waals surface area contributed by atoms with Gasteiger partial charge in [-0.05, 0) is 94.4 Å². The molecule has 136 valence electrons. The van der Waals surface area contributed by atoms with E-state index in [1.165, 1.54) is 11.1 Å². The second kappa shape index (κ2) is 9.75. The summed E-state index contributed by atoms with van der Waals surface area (Å²) in [6.45, 7) is 15.3. The van der Waals surface area contributed by atoms with Gasteiger partial charge in [0.1, 0.15) is 5.75 Å². The van der Waals surface area contributed by atoms with Crippen molar-refractivity contribution in [3.05, 3.63) is 57.6 Å². The van der Waals surface area contributed by atoms with E-state index in [0.29, 0.717) is 12.5 Å². The molecule has 0 aliphatic heterocycles. The Kier molecular flexibility index (Phi) is 8.62. The van der Waals surface area contributed by atoms with E-state index in [4.69, 9.17) is 4.74 Å². The molecule has 2 nitrogen and oxygen atoms in total. The third kappa shape index (κ3) is 5.47. The van der Waals surface area contributed by atoms with E-state index in [0.717, 1.165) is 33.3 Å². The van der Waals surface area contributed by atoms with Gasteiger partial charge in [0.25, 0.3) is 0 Å². The van der Waals surface area contributed by atoms with Crippen molar-refractivity contribution >= 4 is 19.4 Å². The molecular weight excluding hydrogens is 334 g/mol. The first kappa shape index (κ1) is 23.0. The largest absolute Gasteiger partial charge is 1.00 e. The van der Waals surface area contributed by atoms with Gasteiger partial charge in [-0.2, -0.15) is 0 Å². The monoisotopic (exact) mass is 364 g/mol. The molecule has 1 atom stereocenters. The normalized spacial score (nSPS) is 11.1. The molecule has 0 amide bonds. The molecule has 0 radical (unpaired) electrons. The second-order valence-electron chi connectivity index (χ2n) is 7.27. The van der Waals surface area contributed by atoms with Gasteiger partial charge in [0.05, 0.1) is 6.61 Å². The average molecular weight is 364 g/mol. The number of hydrogen-bond acceptors (Lipinski definition) is 2. The molecule has 0 aromatic heterocycles. The fourth-order valence-corrected chi connectivity index (χ4v) is 4.14. The van der Waals surface area contributed by atoms with Gasteiger partial charge < -0.3 is 6.16 Å². The van der Waals surface area contributed by atoms with E-state index in [1.807, 2.05) is 25.1 Å². The van der Waals surface area contributed by atoms with Gasteiger partial charge in [-0.25, -0.2) is 0 Å². The zero-order chi connectivity index (χ0) is 18.7. The smallest absolute Gasteiger partial charge is 1.00 e. The van der Waals surface area contributed by atoms with Gasteiger partial charge in [-0.1, -0.05) is 26.0 Å². The summed E-state index contributed by atoms with van der Waals surface area (Å²) in [6, 6.07) is 8.17. The Labute approximate surface area is 173 Å². The zero-order valence-electron chi connectivity index (χ0n) is 18.4. The zero-order valence-corrected chi connectivity index (χ0v) is 18.4. The van der Waals surface area contributed by atoms with E-state index < -0.39 is 0 Å². The molecule has 2 rings (SSSR count). The maximum absolute atomic E-state index is 13.0. The average Bonchev–Trinajstić information content (AvgIpc) is 2.53. The summed E-state index contributed by atoms with van der Waals surface area (Å²) < 4.78 is 5.78. The molecule has 1 unspecified atom stereocenters. The Bertz CT molecular complexity index is 803. The summed E-state index contributed by atoms with van der Waals surface area (Å²) in [7, 11) is 0.140. The molecule has 2 aromatic carbocycles. The van der Waals surface area contributed by atoms with Crippen LogP contribution < -0.4 is 28.9 Å². The van der Waals surface area contributed by atoms with Crippen LogP contribution in [-0.4, -0.2) is 12.1 Å². The quantitative estimate of drug-likeness (QED) is 0.582. The Balaban J connectivity index is 0.00000338. The van der Waals surface area contributed by atoms with Crippen molar-refractivity contribution < 1.29 is 29.8 Å². The third-order valence-corrected chi connectivity index (χ3v) is 5.92. The first-order valence-electron chi connectivity index (χ1n) is 8.83. The van der Waals surface area contributed by atoms with Crippen molar-refractivity contribution in [3.63, 3.8) is 0 Å². The summed E-state index contributed by atoms with van der Waals surface area (Å²) >= 11 is 0. The van der Waals surface area contributed by atoms with Crippen LogP contribution in [0.25, 0.3) is 0 Å². The molecule has 0 fully saturated rings. The fraction of sp³-hybridized carbons (Fsp3) is 0.409. The van der Waals surface area contributed by atoms with Crippen LogP contribution in [0.4, 0.5) is 0 Å². The minimum Gasteiger partial charge on any atom is -1.00 e. The van der Waals surface area contributed by atoms with Gasteiger partial charge in [-0.15, -0.1) is 0 Å². The molecule has 0 N–H and O–H groups in total. The maximum atomic E-state index is 13.0. The summed E-state index contributed by atoms with van der Waals surface area (Å²) in [5.41, 5.74) is 6.88. The van der Waals surface area contributed by atoms with Crippen LogP contribution >= 0.6 is 8.58 Å². The van der Waals surface area contributed by atoms with E-state index in [9.17, 15) is 4.79 Å². The van der Waals surface area contributed by atoms with Gasteiger partial charge in [0.2, 0.25) is 0 Å². The summed E-state index contributed by atoms with van der Waals surface area (Å²) in [4.78, 5) is 13.0. The van der Waals surface area contributed by atoms with Crippen molar-refractivity contribution in [2.75, 3.05) is 6.61 Å². The summed E-state index contributed by atoms with van der Waals surface area (Å²) in [6.07, 6.45) is 0. The Morgan fingerprint density at radius 3 is 2.23 bits per heavy atom. The van der Waals surface area contributed by atoms with Gasteiger partial charge in [0, 0.05) is 5.56 Å². The molecule has 0 spiro atoms. The number of carbonyl (C=O) groups is 1. The number of aryl methyl sites for hydroxylation is 3. The molecule has 4 heteroatoms. The predicted molar refractivity (Wildman–Crippen MR) is 110 cm³/mol. The van der Waals surface area contributed by atoms with Gasteiger partial charge in [-0.3, -0.25) is 4.79 Å². The standard InChI is InChI=1S/C22H29O2P.Li.H/c1-13(2)12-24-19-8-9-20(15(4)11-19)25-22(23)21-16(5)10-14(3)17(6)18(21)7;;/h8-11,13,25H,12H2,1-7H3;;/q;+1;-1. The van der Waals surface area contributed by atoms with Crippen molar-refractivity contribution in [3.8, 4) is 5.75 Å². The Morgan fingerprint density at radius 1 is 1.00 bits per heavy atom. The Morgan fingerprint density at radius 2 is 1.65 bits per heavy atom. The molecule has 0 aliphatic rings. The van der Waals surface area contributed by atoms with Crippen LogP contribution in [0.15, 0.2) is 24.3 Å². The first-order valence-corrected chi connectivity index (χ1v) is 9.83. The molecule has 0 saturated heterocycles. The number of hydrogen-bond donors (Lipinski definition) is 0. The third-order valence-electron chi connectivity index (χ3n) is 4.61. The maximum Gasteiger partial charge on any atom is 1.00 e. The number of ether oxygens (including phenoxy) is 1. The minimum atomic E-state index is 0. The van der Waals surface area contributed by atoms with Crippen molar-refractivity contribution in [1.29, 1.82) is 0 Å². The molecule has 0 bridgehead atoms. The first-order chi connectivity index (χ1) is 11.7. The molecular formula is C22H30LiO2P. The van der Waals surface area contributed by atoms with E-state index in [-0.39, 0.29) is 34.4 Å². The predicted octanol–water partition coefficient (Wildman–Crippen LogP) is 2.52. The molecule has 26 heavy (non-hydrogen) atoms. The van der Waals surface area contributed by atoms with Crippen molar-refractivity contribution in [2.45, 2.75) is 48.5 Å². The SMILES string of the molecule is Cc1cc(OCC(C)C)ccc1PC(=O)c1c(C)cc(C)c(C)c1C.[H-].[Li+]. The van der Waals surface area contributed by atoms with Crippen LogP contribution in [0.3, 0.4) is 0 Å².